The fraction of sp³-hybridized carbons (Fsp3) is 0.639. The van der Waals surface area contributed by atoms with Crippen LogP contribution in [0.1, 0.15) is 79.9 Å². The van der Waals surface area contributed by atoms with Crippen LogP contribution in [0.15, 0.2) is 60.7 Å². The SMILES string of the molecule is CC(C)[Si](OCC[C@H](O)[C@H]1NC[C@H](OC(=O)C(C)(C)C)[C@@H](OCc2ccccc2)[C@@H]1OCc1ccccc1)(C(C)C)C(C)C. The van der Waals surface area contributed by atoms with Crippen molar-refractivity contribution in [2.24, 2.45) is 5.41 Å². The van der Waals surface area contributed by atoms with Gasteiger partial charge in [-0.2, -0.15) is 0 Å². The van der Waals surface area contributed by atoms with Gasteiger partial charge in [-0.05, 0) is 54.9 Å². The Hall–Kier alpha value is -2.07. The van der Waals surface area contributed by atoms with Gasteiger partial charge in [-0.3, -0.25) is 4.79 Å². The lowest BCUT2D eigenvalue weighted by Gasteiger charge is -2.45. The highest BCUT2D eigenvalue weighted by molar-refractivity contribution is 6.77. The minimum Gasteiger partial charge on any atom is -0.458 e. The Kier molecular flexibility index (Phi) is 13.6. The van der Waals surface area contributed by atoms with Crippen molar-refractivity contribution < 1.29 is 28.5 Å². The van der Waals surface area contributed by atoms with E-state index in [0.29, 0.717) is 49.4 Å². The van der Waals surface area contributed by atoms with Gasteiger partial charge < -0.3 is 29.1 Å². The number of benzene rings is 2. The molecule has 0 amide bonds. The summed E-state index contributed by atoms with van der Waals surface area (Å²) in [5.74, 6) is -0.302. The highest BCUT2D eigenvalue weighted by Crippen LogP contribution is 2.42. The smallest absolute Gasteiger partial charge is 0.311 e. The standard InChI is InChI=1S/C36H57NO6Si/c1-25(2)44(26(3)4,27(5)6)42-21-20-30(38)32-34(41-24-29-18-14-11-15-19-29)33(40-23-28-16-12-10-13-17-28)31(22-37-32)43-35(39)36(7,8)9/h10-19,25-27,30-34,37-38H,20-24H2,1-9H3/t30-,31-,32+,33+,34+/m0/s1. The molecule has 0 spiro atoms. The van der Waals surface area contributed by atoms with Gasteiger partial charge in [0.15, 0.2) is 8.32 Å². The minimum absolute atomic E-state index is 0.302. The van der Waals surface area contributed by atoms with Gasteiger partial charge in [-0.25, -0.2) is 0 Å². The summed E-state index contributed by atoms with van der Waals surface area (Å²) in [5.41, 5.74) is 2.74. The molecular weight excluding hydrogens is 570 g/mol. The predicted molar refractivity (Wildman–Crippen MR) is 179 cm³/mol. The number of piperidine rings is 1. The van der Waals surface area contributed by atoms with Gasteiger partial charge in [0.05, 0.1) is 30.8 Å². The molecule has 3 rings (SSSR count). The van der Waals surface area contributed by atoms with E-state index < -0.39 is 44.2 Å². The molecule has 0 bridgehead atoms. The number of rotatable bonds is 15. The summed E-state index contributed by atoms with van der Waals surface area (Å²) in [4.78, 5) is 13.0. The monoisotopic (exact) mass is 627 g/mol. The maximum Gasteiger partial charge on any atom is 0.311 e. The average Bonchev–Trinajstić information content (AvgIpc) is 2.97. The summed E-state index contributed by atoms with van der Waals surface area (Å²) < 4.78 is 26.0. The fourth-order valence-corrected chi connectivity index (χ4v) is 12.1. The van der Waals surface area contributed by atoms with Gasteiger partial charge in [0, 0.05) is 13.2 Å². The third kappa shape index (κ3) is 9.47. The van der Waals surface area contributed by atoms with Gasteiger partial charge in [-0.1, -0.05) is 102 Å². The maximum absolute atomic E-state index is 13.0. The average molecular weight is 628 g/mol. The van der Waals surface area contributed by atoms with Crippen LogP contribution in [0.2, 0.25) is 16.6 Å². The zero-order chi connectivity index (χ0) is 32.5. The van der Waals surface area contributed by atoms with Crippen LogP contribution >= 0.6 is 0 Å². The van der Waals surface area contributed by atoms with Crippen molar-refractivity contribution in [2.45, 2.75) is 129 Å². The van der Waals surface area contributed by atoms with Gasteiger partial charge >= 0.3 is 5.97 Å². The van der Waals surface area contributed by atoms with Crippen LogP contribution < -0.4 is 5.32 Å². The molecule has 2 N–H and O–H groups in total. The first-order valence-corrected chi connectivity index (χ1v) is 18.5. The summed E-state index contributed by atoms with van der Waals surface area (Å²) >= 11 is 0. The van der Waals surface area contributed by atoms with Crippen LogP contribution in [0.3, 0.4) is 0 Å². The van der Waals surface area contributed by atoms with Crippen molar-refractivity contribution in [1.29, 1.82) is 0 Å². The van der Waals surface area contributed by atoms with Gasteiger partial charge in [0.1, 0.15) is 18.3 Å². The van der Waals surface area contributed by atoms with E-state index in [2.05, 4.69) is 46.9 Å². The molecule has 44 heavy (non-hydrogen) atoms. The van der Waals surface area contributed by atoms with Gasteiger partial charge in [-0.15, -0.1) is 0 Å². The molecule has 1 aliphatic rings. The predicted octanol–water partition coefficient (Wildman–Crippen LogP) is 7.03. The number of aliphatic hydroxyl groups excluding tert-OH is 1. The lowest BCUT2D eigenvalue weighted by molar-refractivity contribution is -0.196. The Bertz CT molecular complexity index is 1100. The Balaban J connectivity index is 1.87. The summed E-state index contributed by atoms with van der Waals surface area (Å²) in [6, 6.07) is 19.5. The first kappa shape index (κ1) is 36.4. The van der Waals surface area contributed by atoms with Crippen LogP contribution in [0, 0.1) is 5.41 Å². The molecule has 2 aromatic rings. The molecule has 0 aromatic heterocycles. The summed E-state index contributed by atoms with van der Waals surface area (Å²) in [7, 11) is -2.08. The largest absolute Gasteiger partial charge is 0.458 e. The van der Waals surface area contributed by atoms with E-state index in [4.69, 9.17) is 18.6 Å². The lowest BCUT2D eigenvalue weighted by atomic mass is 9.90. The Morgan fingerprint density at radius 3 is 1.77 bits per heavy atom. The van der Waals surface area contributed by atoms with Crippen LogP contribution in [0.5, 0.6) is 0 Å². The van der Waals surface area contributed by atoms with Crippen molar-refractivity contribution in [3.05, 3.63) is 71.8 Å². The number of esters is 1. The minimum atomic E-state index is -2.08. The molecule has 8 heteroatoms. The van der Waals surface area contributed by atoms with E-state index in [1.165, 1.54) is 0 Å². The second-order valence-corrected chi connectivity index (χ2v) is 19.6. The van der Waals surface area contributed by atoms with Gasteiger partial charge in [0.2, 0.25) is 0 Å². The first-order valence-electron chi connectivity index (χ1n) is 16.3. The Morgan fingerprint density at radius 1 is 0.841 bits per heavy atom. The first-order chi connectivity index (χ1) is 20.8. The molecule has 246 valence electrons. The number of carbonyl (C=O) groups is 1. The molecule has 1 saturated heterocycles. The molecule has 1 fully saturated rings. The number of hydrogen-bond acceptors (Lipinski definition) is 7. The van der Waals surface area contributed by atoms with E-state index in [9.17, 15) is 9.90 Å². The molecule has 0 unspecified atom stereocenters. The highest BCUT2D eigenvalue weighted by Gasteiger charge is 2.48. The summed E-state index contributed by atoms with van der Waals surface area (Å²) in [5, 5.41) is 15.2. The fourth-order valence-electron chi connectivity index (χ4n) is 6.65. The molecule has 0 saturated carbocycles. The van der Waals surface area contributed by atoms with E-state index >= 15 is 0 Å². The van der Waals surface area contributed by atoms with Crippen molar-refractivity contribution in [1.82, 2.24) is 5.32 Å². The van der Waals surface area contributed by atoms with Crippen molar-refractivity contribution in [3.8, 4) is 0 Å². The topological polar surface area (TPSA) is 86.2 Å². The lowest BCUT2D eigenvalue weighted by Crippen LogP contribution is -2.66. The van der Waals surface area contributed by atoms with Crippen LogP contribution in [-0.2, 0) is 36.6 Å². The number of aliphatic hydroxyl groups is 1. The summed E-state index contributed by atoms with van der Waals surface area (Å²) in [6.45, 7) is 20.6. The van der Waals surface area contributed by atoms with Crippen molar-refractivity contribution in [3.63, 3.8) is 0 Å². The maximum atomic E-state index is 13.0. The van der Waals surface area contributed by atoms with Crippen LogP contribution in [0.4, 0.5) is 0 Å². The zero-order valence-electron chi connectivity index (χ0n) is 28.4. The Labute approximate surface area is 267 Å². The number of hydrogen-bond donors (Lipinski definition) is 2. The quantitative estimate of drug-likeness (QED) is 0.162. The van der Waals surface area contributed by atoms with E-state index in [0.717, 1.165) is 11.1 Å². The number of ether oxygens (including phenoxy) is 3. The van der Waals surface area contributed by atoms with E-state index in [1.807, 2.05) is 81.4 Å². The molecule has 1 heterocycles. The summed E-state index contributed by atoms with van der Waals surface area (Å²) in [6.07, 6.45) is -2.06. The molecule has 0 aliphatic carbocycles. The normalized spacial score (nSPS) is 22.0. The molecule has 1 aliphatic heterocycles. The second-order valence-electron chi connectivity index (χ2n) is 14.2. The Morgan fingerprint density at radius 2 is 1.32 bits per heavy atom. The van der Waals surface area contributed by atoms with Crippen LogP contribution in [-0.4, -0.2) is 63.0 Å². The number of nitrogens with one attached hydrogen (secondary N) is 1. The van der Waals surface area contributed by atoms with Crippen molar-refractivity contribution >= 4 is 14.3 Å². The van der Waals surface area contributed by atoms with Gasteiger partial charge in [0.25, 0.3) is 0 Å². The molecule has 0 radical (unpaired) electrons. The van der Waals surface area contributed by atoms with Crippen molar-refractivity contribution in [2.75, 3.05) is 13.2 Å². The molecule has 2 aromatic carbocycles. The second kappa shape index (κ2) is 16.5. The van der Waals surface area contributed by atoms with E-state index in [-0.39, 0.29) is 5.97 Å². The highest BCUT2D eigenvalue weighted by atomic mass is 28.4. The number of carbonyl (C=O) groups excluding carboxylic acids is 1. The molecule has 7 nitrogen and oxygen atoms in total. The third-order valence-corrected chi connectivity index (χ3v) is 15.0. The molecule has 5 atom stereocenters. The molecular formula is C36H57NO6Si. The zero-order valence-corrected chi connectivity index (χ0v) is 29.4. The third-order valence-electron chi connectivity index (χ3n) is 8.93. The van der Waals surface area contributed by atoms with Crippen LogP contribution in [0.25, 0.3) is 0 Å². The van der Waals surface area contributed by atoms with E-state index in [1.54, 1.807) is 0 Å².